The highest BCUT2D eigenvalue weighted by molar-refractivity contribution is 5.87. The Balaban J connectivity index is 1.94. The van der Waals surface area contributed by atoms with Crippen LogP contribution >= 0.6 is 0 Å². The van der Waals surface area contributed by atoms with Gasteiger partial charge in [0.1, 0.15) is 11.9 Å². The van der Waals surface area contributed by atoms with Gasteiger partial charge in [0.15, 0.2) is 11.5 Å². The minimum Gasteiger partial charge on any atom is -0.457 e. The second-order valence-electron chi connectivity index (χ2n) is 4.44. The summed E-state index contributed by atoms with van der Waals surface area (Å²) in [7, 11) is 0. The second-order valence-corrected chi connectivity index (χ2v) is 4.44. The van der Waals surface area contributed by atoms with Crippen molar-refractivity contribution in [3.8, 4) is 11.5 Å². The van der Waals surface area contributed by atoms with E-state index in [-0.39, 0.29) is 25.0 Å². The van der Waals surface area contributed by atoms with E-state index >= 15 is 0 Å². The Morgan fingerprint density at radius 3 is 2.83 bits per heavy atom. The Kier molecular flexibility index (Phi) is 2.47. The normalized spacial score (nSPS) is 25.1. The van der Waals surface area contributed by atoms with Crippen molar-refractivity contribution < 1.29 is 23.8 Å². The average molecular weight is 248 g/mol. The van der Waals surface area contributed by atoms with Gasteiger partial charge in [-0.05, 0) is 24.6 Å². The fraction of sp³-hybridized carbons (Fsp3) is 0.385. The summed E-state index contributed by atoms with van der Waals surface area (Å²) in [6, 6.07) is 5.33. The molecule has 0 aliphatic carbocycles. The summed E-state index contributed by atoms with van der Waals surface area (Å²) in [6.45, 7) is 1.67. The van der Waals surface area contributed by atoms with Gasteiger partial charge < -0.3 is 14.2 Å². The minimum absolute atomic E-state index is 0.0384. The van der Waals surface area contributed by atoms with Crippen LogP contribution in [0.25, 0.3) is 0 Å². The predicted octanol–water partition coefficient (Wildman–Crippen LogP) is 1.61. The lowest BCUT2D eigenvalue weighted by Crippen LogP contribution is -2.15. The number of hydrogen-bond acceptors (Lipinski definition) is 5. The van der Waals surface area contributed by atoms with Crippen molar-refractivity contribution in [1.29, 1.82) is 0 Å². The smallest absolute Gasteiger partial charge is 0.307 e. The molecule has 2 heterocycles. The van der Waals surface area contributed by atoms with Gasteiger partial charge in [-0.3, -0.25) is 9.59 Å². The van der Waals surface area contributed by atoms with Crippen molar-refractivity contribution in [2.75, 3.05) is 6.79 Å². The summed E-state index contributed by atoms with van der Waals surface area (Å²) in [5.41, 5.74) is 0.769. The number of hydrogen-bond donors (Lipinski definition) is 0. The Morgan fingerprint density at radius 2 is 2.06 bits per heavy atom. The molecule has 2 aliphatic rings. The van der Waals surface area contributed by atoms with Gasteiger partial charge in [0, 0.05) is 0 Å². The molecule has 5 nitrogen and oxygen atoms in total. The molecule has 3 rings (SSSR count). The first kappa shape index (κ1) is 11.1. The summed E-state index contributed by atoms with van der Waals surface area (Å²) in [6.07, 6.45) is -0.362. The molecule has 1 saturated heterocycles. The maximum absolute atomic E-state index is 11.5. The number of carbonyl (C=O) groups is 2. The molecule has 5 heteroatoms. The fourth-order valence-corrected chi connectivity index (χ4v) is 2.31. The number of ketones is 1. The van der Waals surface area contributed by atoms with Crippen molar-refractivity contribution in [3.63, 3.8) is 0 Å². The van der Waals surface area contributed by atoms with Gasteiger partial charge in [0.2, 0.25) is 6.79 Å². The molecule has 1 fully saturated rings. The summed E-state index contributed by atoms with van der Waals surface area (Å²) < 4.78 is 15.7. The molecule has 0 bridgehead atoms. The number of benzene rings is 1. The molecule has 2 aliphatic heterocycles. The molecule has 18 heavy (non-hydrogen) atoms. The van der Waals surface area contributed by atoms with Gasteiger partial charge in [-0.15, -0.1) is 0 Å². The summed E-state index contributed by atoms with van der Waals surface area (Å²) in [4.78, 5) is 22.9. The van der Waals surface area contributed by atoms with Crippen LogP contribution in [0.2, 0.25) is 0 Å². The highest BCUT2D eigenvalue weighted by Crippen LogP contribution is 2.40. The van der Waals surface area contributed by atoms with E-state index in [0.717, 1.165) is 5.56 Å². The number of Topliss-reactive ketones (excluding diaryl/α,β-unsaturated/α-hetero) is 1. The zero-order valence-electron chi connectivity index (χ0n) is 9.84. The fourth-order valence-electron chi connectivity index (χ4n) is 2.31. The van der Waals surface area contributed by atoms with E-state index in [1.54, 1.807) is 18.2 Å². The van der Waals surface area contributed by atoms with Gasteiger partial charge in [-0.1, -0.05) is 6.07 Å². The minimum atomic E-state index is -0.510. The summed E-state index contributed by atoms with van der Waals surface area (Å²) in [5, 5.41) is 0. The Bertz CT molecular complexity index is 522. The summed E-state index contributed by atoms with van der Waals surface area (Å²) in [5.74, 6) is 0.513. The molecular weight excluding hydrogens is 236 g/mol. The topological polar surface area (TPSA) is 61.8 Å². The lowest BCUT2D eigenvalue weighted by Gasteiger charge is -2.15. The van der Waals surface area contributed by atoms with Gasteiger partial charge >= 0.3 is 5.97 Å². The molecule has 0 N–H and O–H groups in total. The van der Waals surface area contributed by atoms with Crippen LogP contribution in [0, 0.1) is 5.92 Å². The number of rotatable bonds is 2. The molecular formula is C13H12O5. The van der Waals surface area contributed by atoms with E-state index in [1.165, 1.54) is 6.92 Å². The molecule has 94 valence electrons. The quantitative estimate of drug-likeness (QED) is 0.744. The van der Waals surface area contributed by atoms with Crippen LogP contribution in [-0.2, 0) is 14.3 Å². The van der Waals surface area contributed by atoms with Crippen LogP contribution < -0.4 is 9.47 Å². The monoisotopic (exact) mass is 248 g/mol. The van der Waals surface area contributed by atoms with Crippen LogP contribution in [0.5, 0.6) is 11.5 Å². The third kappa shape index (κ3) is 1.72. The maximum atomic E-state index is 11.5. The molecule has 0 radical (unpaired) electrons. The first-order valence-corrected chi connectivity index (χ1v) is 5.74. The average Bonchev–Trinajstić information content (AvgIpc) is 2.93. The van der Waals surface area contributed by atoms with E-state index in [1.807, 2.05) is 0 Å². The van der Waals surface area contributed by atoms with Gasteiger partial charge in [-0.2, -0.15) is 0 Å². The predicted molar refractivity (Wildman–Crippen MR) is 60.2 cm³/mol. The van der Waals surface area contributed by atoms with E-state index < -0.39 is 12.0 Å². The first-order chi connectivity index (χ1) is 8.65. The standard InChI is InChI=1S/C13H12O5/c1-7(14)9-5-12(15)18-13(9)8-2-3-10-11(4-8)17-6-16-10/h2-4,9,13H,5-6H2,1H3/t9-,13-/m0/s1. The maximum Gasteiger partial charge on any atom is 0.307 e. The molecule has 0 unspecified atom stereocenters. The van der Waals surface area contributed by atoms with Gasteiger partial charge in [-0.25, -0.2) is 0 Å². The zero-order chi connectivity index (χ0) is 12.7. The first-order valence-electron chi connectivity index (χ1n) is 5.74. The zero-order valence-corrected chi connectivity index (χ0v) is 9.84. The van der Waals surface area contributed by atoms with Crippen molar-refractivity contribution in [2.24, 2.45) is 5.92 Å². The molecule has 1 aromatic rings. The molecule has 0 aromatic heterocycles. The lowest BCUT2D eigenvalue weighted by molar-refractivity contribution is -0.141. The number of carbonyl (C=O) groups excluding carboxylic acids is 2. The molecule has 0 amide bonds. The van der Waals surface area contributed by atoms with Gasteiger partial charge in [0.05, 0.1) is 12.3 Å². The largest absolute Gasteiger partial charge is 0.457 e. The second kappa shape index (κ2) is 4.01. The molecule has 1 aromatic carbocycles. The molecule has 0 saturated carbocycles. The van der Waals surface area contributed by atoms with Crippen molar-refractivity contribution in [1.82, 2.24) is 0 Å². The SMILES string of the molecule is CC(=O)[C@@H]1CC(=O)O[C@H]1c1ccc2c(c1)OCO2. The van der Waals surface area contributed by atoms with E-state index in [4.69, 9.17) is 14.2 Å². The number of esters is 1. The van der Waals surface area contributed by atoms with Crippen LogP contribution in [0.15, 0.2) is 18.2 Å². The van der Waals surface area contributed by atoms with Crippen molar-refractivity contribution >= 4 is 11.8 Å². The Hall–Kier alpha value is -2.04. The lowest BCUT2D eigenvalue weighted by atomic mass is 9.92. The van der Waals surface area contributed by atoms with Crippen molar-refractivity contribution in [2.45, 2.75) is 19.4 Å². The van der Waals surface area contributed by atoms with Gasteiger partial charge in [0.25, 0.3) is 0 Å². The van der Waals surface area contributed by atoms with Crippen LogP contribution in [0.4, 0.5) is 0 Å². The number of cyclic esters (lactones) is 1. The third-order valence-corrected chi connectivity index (χ3v) is 3.26. The Labute approximate surface area is 104 Å². The third-order valence-electron chi connectivity index (χ3n) is 3.26. The highest BCUT2D eigenvalue weighted by Gasteiger charge is 2.39. The Morgan fingerprint density at radius 1 is 1.28 bits per heavy atom. The highest BCUT2D eigenvalue weighted by atomic mass is 16.7. The van der Waals surface area contributed by atoms with E-state index in [9.17, 15) is 9.59 Å². The van der Waals surface area contributed by atoms with E-state index in [2.05, 4.69) is 0 Å². The molecule has 0 spiro atoms. The van der Waals surface area contributed by atoms with Crippen LogP contribution in [0.3, 0.4) is 0 Å². The van der Waals surface area contributed by atoms with E-state index in [0.29, 0.717) is 11.5 Å². The summed E-state index contributed by atoms with van der Waals surface area (Å²) >= 11 is 0. The van der Waals surface area contributed by atoms with Crippen molar-refractivity contribution in [3.05, 3.63) is 23.8 Å². The van der Waals surface area contributed by atoms with Crippen LogP contribution in [0.1, 0.15) is 25.0 Å². The number of ether oxygens (including phenoxy) is 3. The molecule has 2 atom stereocenters. The van der Waals surface area contributed by atoms with Crippen LogP contribution in [-0.4, -0.2) is 18.5 Å². The number of fused-ring (bicyclic) bond motifs is 1.